The highest BCUT2D eigenvalue weighted by Gasteiger charge is 2.31. The van der Waals surface area contributed by atoms with Gasteiger partial charge in [0.15, 0.2) is 0 Å². The summed E-state index contributed by atoms with van der Waals surface area (Å²) in [4.78, 5) is 30.8. The molecule has 7 heteroatoms. The highest BCUT2D eigenvalue weighted by Crippen LogP contribution is 2.38. The fourth-order valence-corrected chi connectivity index (χ4v) is 4.91. The fourth-order valence-electron chi connectivity index (χ4n) is 4.62. The number of nitrogens with zero attached hydrogens (tertiary/aromatic N) is 1. The Kier molecular flexibility index (Phi) is 7.22. The molecule has 1 aliphatic heterocycles. The lowest BCUT2D eigenvalue weighted by molar-refractivity contribution is 0.0725. The lowest BCUT2D eigenvalue weighted by atomic mass is 9.89. The first-order valence-electron chi connectivity index (χ1n) is 11.8. The number of benzene rings is 2. The molecule has 3 aromatic rings. The van der Waals surface area contributed by atoms with Crippen LogP contribution in [0.25, 0.3) is 0 Å². The van der Waals surface area contributed by atoms with Crippen molar-refractivity contribution in [3.8, 4) is 11.5 Å². The van der Waals surface area contributed by atoms with Gasteiger partial charge in [-0.15, -0.1) is 0 Å². The van der Waals surface area contributed by atoms with Gasteiger partial charge in [0.2, 0.25) is 0 Å². The van der Waals surface area contributed by atoms with Gasteiger partial charge in [-0.1, -0.05) is 23.7 Å². The molecule has 35 heavy (non-hydrogen) atoms. The van der Waals surface area contributed by atoms with E-state index in [9.17, 15) is 9.59 Å². The van der Waals surface area contributed by atoms with Gasteiger partial charge in [-0.3, -0.25) is 9.59 Å². The quantitative estimate of drug-likeness (QED) is 0.488. The van der Waals surface area contributed by atoms with Crippen LogP contribution in [0.3, 0.4) is 0 Å². The molecule has 0 radical (unpaired) electrons. The number of aromatic amines is 1. The summed E-state index contributed by atoms with van der Waals surface area (Å²) in [6.07, 6.45) is 1.20. The molecule has 0 bridgehead atoms. The fraction of sp³-hybridized carbons (Fsp3) is 0.357. The van der Waals surface area contributed by atoms with Crippen molar-refractivity contribution >= 4 is 17.5 Å². The number of rotatable bonds is 7. The summed E-state index contributed by atoms with van der Waals surface area (Å²) in [5, 5.41) is 0.330. The van der Waals surface area contributed by atoms with Crippen LogP contribution in [0.2, 0.25) is 5.02 Å². The average molecular weight is 495 g/mol. The molecule has 0 saturated heterocycles. The molecule has 1 N–H and O–H groups in total. The molecule has 0 atom stereocenters. The zero-order valence-corrected chi connectivity index (χ0v) is 21.6. The number of fused-ring (bicyclic) bond motifs is 1. The van der Waals surface area contributed by atoms with Crippen LogP contribution in [0.15, 0.2) is 41.2 Å². The monoisotopic (exact) mass is 494 g/mol. The smallest absolute Gasteiger partial charge is 0.256 e. The number of carbonyl (C=O) groups is 1. The Bertz CT molecular complexity index is 1310. The number of aryl methyl sites for hydroxylation is 2. The number of hydrogen-bond acceptors (Lipinski definition) is 4. The highest BCUT2D eigenvalue weighted by atomic mass is 35.5. The van der Waals surface area contributed by atoms with E-state index in [0.29, 0.717) is 41.3 Å². The maximum absolute atomic E-state index is 13.7. The first kappa shape index (κ1) is 24.9. The zero-order chi connectivity index (χ0) is 25.3. The highest BCUT2D eigenvalue weighted by molar-refractivity contribution is 6.35. The molecule has 0 aliphatic carbocycles. The summed E-state index contributed by atoms with van der Waals surface area (Å²) in [6, 6.07) is 11.8. The van der Waals surface area contributed by atoms with Crippen LogP contribution < -0.4 is 15.0 Å². The molecule has 2 heterocycles. The first-order chi connectivity index (χ1) is 16.7. The SMILES string of the molecule is COc1ccc(Cc2cc(OC(C)C)c(Cl)c3c2CCN(Cc2c(C)cc(C)[nH]c2=O)C3=O)cc1. The van der Waals surface area contributed by atoms with E-state index in [2.05, 4.69) is 4.98 Å². The number of pyridine rings is 1. The van der Waals surface area contributed by atoms with Gasteiger partial charge in [0.25, 0.3) is 11.5 Å². The molecule has 4 rings (SSSR count). The van der Waals surface area contributed by atoms with Gasteiger partial charge in [0.05, 0.1) is 30.3 Å². The number of ether oxygens (including phenoxy) is 2. The van der Waals surface area contributed by atoms with E-state index in [1.807, 2.05) is 64.1 Å². The minimum Gasteiger partial charge on any atom is -0.497 e. The largest absolute Gasteiger partial charge is 0.497 e. The van der Waals surface area contributed by atoms with E-state index in [4.69, 9.17) is 21.1 Å². The van der Waals surface area contributed by atoms with Crippen LogP contribution in [0.5, 0.6) is 11.5 Å². The van der Waals surface area contributed by atoms with E-state index in [1.54, 1.807) is 12.0 Å². The normalized spacial score (nSPS) is 13.2. The predicted molar refractivity (Wildman–Crippen MR) is 138 cm³/mol. The Balaban J connectivity index is 1.73. The van der Waals surface area contributed by atoms with Gasteiger partial charge < -0.3 is 19.4 Å². The van der Waals surface area contributed by atoms with Gasteiger partial charge in [0.1, 0.15) is 11.5 Å². The Morgan fingerprint density at radius 1 is 1.11 bits per heavy atom. The second kappa shape index (κ2) is 10.2. The minimum atomic E-state index is -0.180. The van der Waals surface area contributed by atoms with Crippen LogP contribution in [0, 0.1) is 13.8 Å². The topological polar surface area (TPSA) is 71.6 Å². The van der Waals surface area contributed by atoms with Gasteiger partial charge in [-0.25, -0.2) is 0 Å². The number of halogens is 1. The summed E-state index contributed by atoms with van der Waals surface area (Å²) in [5.74, 6) is 1.12. The van der Waals surface area contributed by atoms with Crippen LogP contribution in [0.4, 0.5) is 0 Å². The molecule has 1 aromatic heterocycles. The van der Waals surface area contributed by atoms with E-state index in [0.717, 1.165) is 33.7 Å². The Hall–Kier alpha value is -3.25. The Labute approximate surface area is 210 Å². The standard InChI is InChI=1S/C28H31ClN2O4/c1-16(2)35-24-14-20(13-19-6-8-21(34-5)9-7-19)22-10-11-31(28(33)25(22)26(24)29)15-23-17(3)12-18(4)30-27(23)32/h6-9,12,14,16H,10-11,13,15H2,1-5H3,(H,30,32). The van der Waals surface area contributed by atoms with Gasteiger partial charge in [-0.2, -0.15) is 0 Å². The number of hydrogen-bond donors (Lipinski definition) is 1. The van der Waals surface area contributed by atoms with Crippen molar-refractivity contribution in [1.29, 1.82) is 0 Å². The van der Waals surface area contributed by atoms with Crippen molar-refractivity contribution in [2.75, 3.05) is 13.7 Å². The van der Waals surface area contributed by atoms with Crippen LogP contribution in [0.1, 0.15) is 57.7 Å². The third kappa shape index (κ3) is 5.22. The van der Waals surface area contributed by atoms with E-state index < -0.39 is 0 Å². The molecular formula is C28H31ClN2O4. The number of aromatic nitrogens is 1. The van der Waals surface area contributed by atoms with Gasteiger partial charge in [-0.05, 0) is 87.1 Å². The summed E-state index contributed by atoms with van der Waals surface area (Å²) in [7, 11) is 1.64. The Morgan fingerprint density at radius 2 is 1.83 bits per heavy atom. The molecule has 184 valence electrons. The van der Waals surface area contributed by atoms with E-state index in [-0.39, 0.29) is 24.1 Å². The van der Waals surface area contributed by atoms with Crippen molar-refractivity contribution in [3.63, 3.8) is 0 Å². The van der Waals surface area contributed by atoms with Gasteiger partial charge in [0, 0.05) is 17.8 Å². The van der Waals surface area contributed by atoms with Crippen molar-refractivity contribution in [2.24, 2.45) is 0 Å². The number of carbonyl (C=O) groups excluding carboxylic acids is 1. The number of H-pyrrole nitrogens is 1. The van der Waals surface area contributed by atoms with Gasteiger partial charge >= 0.3 is 0 Å². The first-order valence-corrected chi connectivity index (χ1v) is 12.2. The molecule has 1 amide bonds. The lowest BCUT2D eigenvalue weighted by Gasteiger charge is -2.31. The Morgan fingerprint density at radius 3 is 2.46 bits per heavy atom. The second-order valence-corrected chi connectivity index (χ2v) is 9.69. The van der Waals surface area contributed by atoms with Crippen molar-refractivity contribution in [1.82, 2.24) is 9.88 Å². The second-order valence-electron chi connectivity index (χ2n) is 9.31. The zero-order valence-electron chi connectivity index (χ0n) is 20.8. The number of methoxy groups -OCH3 is 1. The molecule has 0 unspecified atom stereocenters. The van der Waals surface area contributed by atoms with Crippen LogP contribution >= 0.6 is 11.6 Å². The van der Waals surface area contributed by atoms with E-state index in [1.165, 1.54) is 0 Å². The van der Waals surface area contributed by atoms with Crippen LogP contribution in [-0.4, -0.2) is 35.5 Å². The predicted octanol–water partition coefficient (Wildman–Crippen LogP) is 5.23. The summed E-state index contributed by atoms with van der Waals surface area (Å²) < 4.78 is 11.3. The summed E-state index contributed by atoms with van der Waals surface area (Å²) >= 11 is 6.77. The van der Waals surface area contributed by atoms with Crippen molar-refractivity contribution < 1.29 is 14.3 Å². The molecule has 2 aromatic carbocycles. The number of nitrogens with one attached hydrogen (secondary N) is 1. The average Bonchev–Trinajstić information content (AvgIpc) is 2.80. The molecule has 6 nitrogen and oxygen atoms in total. The minimum absolute atomic E-state index is 0.0945. The van der Waals surface area contributed by atoms with E-state index >= 15 is 0 Å². The molecule has 0 saturated carbocycles. The van der Waals surface area contributed by atoms with Crippen LogP contribution in [-0.2, 0) is 19.4 Å². The third-order valence-corrected chi connectivity index (χ3v) is 6.70. The lowest BCUT2D eigenvalue weighted by Crippen LogP contribution is -2.39. The van der Waals surface area contributed by atoms with Crippen molar-refractivity contribution in [3.05, 3.63) is 90.8 Å². The number of amides is 1. The molecule has 0 spiro atoms. The molecule has 0 fully saturated rings. The maximum atomic E-state index is 13.7. The third-order valence-electron chi connectivity index (χ3n) is 6.32. The van der Waals surface area contributed by atoms with Crippen molar-refractivity contribution in [2.45, 2.75) is 53.2 Å². The summed E-state index contributed by atoms with van der Waals surface area (Å²) in [5.41, 5.74) is 5.63. The maximum Gasteiger partial charge on any atom is 0.256 e. The molecular weight excluding hydrogens is 464 g/mol. The summed E-state index contributed by atoms with van der Waals surface area (Å²) in [6.45, 7) is 8.35. The molecule has 1 aliphatic rings.